The number of carboxylic acids is 1. The monoisotopic (exact) mass is 297 g/mol. The lowest BCUT2D eigenvalue weighted by Crippen LogP contribution is -2.34. The molecule has 1 saturated heterocycles. The number of hydrogen-bond acceptors (Lipinski definition) is 2. The maximum atomic E-state index is 12.5. The fourth-order valence-corrected chi connectivity index (χ4v) is 3.08. The molecule has 5 heteroatoms. The van der Waals surface area contributed by atoms with Gasteiger partial charge in [0, 0.05) is 18.7 Å². The Kier molecular flexibility index (Phi) is 4.93. The van der Waals surface area contributed by atoms with Gasteiger partial charge in [-0.1, -0.05) is 37.6 Å². The van der Waals surface area contributed by atoms with E-state index >= 15 is 0 Å². The van der Waals surface area contributed by atoms with E-state index in [9.17, 15) is 18.7 Å². The summed E-state index contributed by atoms with van der Waals surface area (Å²) >= 11 is 0. The Bertz CT molecular complexity index is 490. The van der Waals surface area contributed by atoms with Gasteiger partial charge in [-0.25, -0.2) is 8.78 Å². The number of carboxylic acid groups (broad SMARTS) is 1. The topological polar surface area (TPSA) is 40.5 Å². The minimum Gasteiger partial charge on any atom is -0.481 e. The molecule has 1 heterocycles. The molecular weight excluding hydrogens is 276 g/mol. The number of likely N-dealkylation sites (tertiary alicyclic amines) is 1. The van der Waals surface area contributed by atoms with Crippen molar-refractivity contribution >= 4 is 5.97 Å². The smallest absolute Gasteiger partial charge is 0.310 e. The average molecular weight is 297 g/mol. The number of rotatable bonds is 6. The van der Waals surface area contributed by atoms with Gasteiger partial charge in [0.25, 0.3) is 6.43 Å². The summed E-state index contributed by atoms with van der Waals surface area (Å²) in [6.07, 6.45) is -0.257. The van der Waals surface area contributed by atoms with Crippen LogP contribution in [0.25, 0.3) is 0 Å². The van der Waals surface area contributed by atoms with Crippen molar-refractivity contribution in [3.63, 3.8) is 0 Å². The van der Waals surface area contributed by atoms with Gasteiger partial charge in [-0.2, -0.15) is 0 Å². The van der Waals surface area contributed by atoms with Gasteiger partial charge >= 0.3 is 5.97 Å². The van der Waals surface area contributed by atoms with Gasteiger partial charge in [0.15, 0.2) is 0 Å². The molecule has 0 bridgehead atoms. The van der Waals surface area contributed by atoms with Crippen LogP contribution in [0.4, 0.5) is 8.78 Å². The van der Waals surface area contributed by atoms with Gasteiger partial charge in [0.1, 0.15) is 0 Å². The fourth-order valence-electron chi connectivity index (χ4n) is 3.08. The molecule has 0 saturated carbocycles. The zero-order valence-corrected chi connectivity index (χ0v) is 12.2. The fraction of sp³-hybridized carbons (Fsp3) is 0.562. The van der Waals surface area contributed by atoms with Crippen LogP contribution < -0.4 is 0 Å². The zero-order valence-electron chi connectivity index (χ0n) is 12.2. The molecule has 1 N–H and O–H groups in total. The number of halogens is 2. The Labute approximate surface area is 123 Å². The normalized spacial score (nSPS) is 22.9. The summed E-state index contributed by atoms with van der Waals surface area (Å²) in [5.41, 5.74) is 0.320. The van der Waals surface area contributed by atoms with Crippen molar-refractivity contribution in [2.75, 3.05) is 13.1 Å². The highest BCUT2D eigenvalue weighted by atomic mass is 19.3. The van der Waals surface area contributed by atoms with Crippen LogP contribution in [0.5, 0.6) is 0 Å². The molecule has 1 atom stereocenters. The summed E-state index contributed by atoms with van der Waals surface area (Å²) < 4.78 is 25.0. The summed E-state index contributed by atoms with van der Waals surface area (Å²) in [5, 5.41) is 9.47. The minimum atomic E-state index is -2.45. The largest absolute Gasteiger partial charge is 0.481 e. The van der Waals surface area contributed by atoms with E-state index in [1.807, 2.05) is 6.92 Å². The zero-order chi connectivity index (χ0) is 15.5. The average Bonchev–Trinajstić information content (AvgIpc) is 2.84. The van der Waals surface area contributed by atoms with Crippen LogP contribution in [0.15, 0.2) is 24.3 Å². The molecule has 1 aliphatic rings. The summed E-state index contributed by atoms with van der Waals surface area (Å²) in [5.74, 6) is -0.722. The van der Waals surface area contributed by atoms with Gasteiger partial charge in [-0.15, -0.1) is 0 Å². The number of benzene rings is 1. The first-order valence-corrected chi connectivity index (χ1v) is 7.29. The highest BCUT2D eigenvalue weighted by Crippen LogP contribution is 2.36. The molecule has 21 heavy (non-hydrogen) atoms. The van der Waals surface area contributed by atoms with Gasteiger partial charge in [-0.3, -0.25) is 9.69 Å². The van der Waals surface area contributed by atoms with Crippen LogP contribution in [0.1, 0.15) is 43.7 Å². The molecule has 3 nitrogen and oxygen atoms in total. The van der Waals surface area contributed by atoms with E-state index in [-0.39, 0.29) is 5.56 Å². The Morgan fingerprint density at radius 3 is 2.57 bits per heavy atom. The number of alkyl halides is 2. The molecule has 2 rings (SSSR count). The highest BCUT2D eigenvalue weighted by molar-refractivity contribution is 5.75. The third kappa shape index (κ3) is 3.59. The van der Waals surface area contributed by atoms with E-state index in [1.54, 1.807) is 12.1 Å². The molecule has 0 spiro atoms. The lowest BCUT2D eigenvalue weighted by atomic mass is 9.83. The highest BCUT2D eigenvalue weighted by Gasteiger charge is 2.43. The molecule has 1 aliphatic heterocycles. The van der Waals surface area contributed by atoms with Crippen molar-refractivity contribution in [2.24, 2.45) is 5.41 Å². The molecule has 1 aromatic rings. The predicted octanol–water partition coefficient (Wildman–Crippen LogP) is 3.70. The molecule has 1 unspecified atom stereocenters. The predicted molar refractivity (Wildman–Crippen MR) is 76.3 cm³/mol. The van der Waals surface area contributed by atoms with Crippen LogP contribution in [0.3, 0.4) is 0 Å². The van der Waals surface area contributed by atoms with Crippen molar-refractivity contribution in [1.29, 1.82) is 0 Å². The van der Waals surface area contributed by atoms with E-state index in [0.29, 0.717) is 25.9 Å². The number of hydrogen-bond donors (Lipinski definition) is 1. The van der Waals surface area contributed by atoms with E-state index < -0.39 is 17.8 Å². The van der Waals surface area contributed by atoms with Gasteiger partial charge in [-0.05, 0) is 24.9 Å². The van der Waals surface area contributed by atoms with Gasteiger partial charge < -0.3 is 5.11 Å². The van der Waals surface area contributed by atoms with Crippen molar-refractivity contribution in [2.45, 2.75) is 39.2 Å². The molecular formula is C16H21F2NO2. The maximum absolute atomic E-state index is 12.5. The van der Waals surface area contributed by atoms with Gasteiger partial charge in [0.2, 0.25) is 0 Å². The Balaban J connectivity index is 2.00. The van der Waals surface area contributed by atoms with Crippen LogP contribution >= 0.6 is 0 Å². The van der Waals surface area contributed by atoms with Crippen molar-refractivity contribution in [3.8, 4) is 0 Å². The van der Waals surface area contributed by atoms with E-state index in [2.05, 4.69) is 4.90 Å². The minimum absolute atomic E-state index is 0.0195. The van der Waals surface area contributed by atoms with Crippen LogP contribution in [-0.2, 0) is 11.3 Å². The van der Waals surface area contributed by atoms with Crippen molar-refractivity contribution in [1.82, 2.24) is 4.90 Å². The molecule has 0 aliphatic carbocycles. The van der Waals surface area contributed by atoms with Crippen LogP contribution in [0, 0.1) is 5.41 Å². The van der Waals surface area contributed by atoms with E-state index in [4.69, 9.17) is 0 Å². The summed E-state index contributed by atoms with van der Waals surface area (Å²) in [7, 11) is 0. The lowest BCUT2D eigenvalue weighted by Gasteiger charge is -2.24. The second-order valence-electron chi connectivity index (χ2n) is 5.84. The molecule has 0 amide bonds. The standard InChI is InChI=1S/C16H21F2NO2/c1-2-7-16(15(20)21)8-9-19(11-16)10-12-3-5-13(6-4-12)14(17)18/h3-6,14H,2,7-11H2,1H3,(H,20,21). The van der Waals surface area contributed by atoms with Crippen LogP contribution in [0.2, 0.25) is 0 Å². The quantitative estimate of drug-likeness (QED) is 0.870. The first-order valence-electron chi connectivity index (χ1n) is 7.29. The summed E-state index contributed by atoms with van der Waals surface area (Å²) in [6, 6.07) is 6.27. The van der Waals surface area contributed by atoms with Gasteiger partial charge in [0.05, 0.1) is 5.41 Å². The second kappa shape index (κ2) is 6.52. The second-order valence-corrected chi connectivity index (χ2v) is 5.84. The summed E-state index contributed by atoms with van der Waals surface area (Å²) in [6.45, 7) is 3.88. The third-order valence-corrected chi connectivity index (χ3v) is 4.25. The molecule has 1 fully saturated rings. The van der Waals surface area contributed by atoms with E-state index in [1.165, 1.54) is 12.1 Å². The van der Waals surface area contributed by atoms with Crippen molar-refractivity contribution in [3.05, 3.63) is 35.4 Å². The number of aliphatic carboxylic acids is 1. The molecule has 0 radical (unpaired) electrons. The summed E-state index contributed by atoms with van der Waals surface area (Å²) in [4.78, 5) is 13.6. The number of nitrogens with zero attached hydrogens (tertiary/aromatic N) is 1. The Hall–Kier alpha value is -1.49. The first kappa shape index (κ1) is 15.9. The molecule has 1 aromatic carbocycles. The molecule has 0 aromatic heterocycles. The number of carbonyl (C=O) groups is 1. The van der Waals surface area contributed by atoms with Crippen molar-refractivity contribution < 1.29 is 18.7 Å². The molecule has 116 valence electrons. The maximum Gasteiger partial charge on any atom is 0.310 e. The van der Waals surface area contributed by atoms with Crippen LogP contribution in [-0.4, -0.2) is 29.1 Å². The Morgan fingerprint density at radius 2 is 2.05 bits per heavy atom. The van der Waals surface area contributed by atoms with E-state index in [0.717, 1.165) is 18.5 Å². The lowest BCUT2D eigenvalue weighted by molar-refractivity contribution is -0.148. The first-order chi connectivity index (χ1) is 9.97. The SMILES string of the molecule is CCCC1(C(=O)O)CCN(Cc2ccc(C(F)F)cc2)C1. The third-order valence-electron chi connectivity index (χ3n) is 4.25. The Morgan fingerprint density at radius 1 is 1.38 bits per heavy atom.